The zero-order valence-electron chi connectivity index (χ0n) is 14.0. The van der Waals surface area contributed by atoms with Crippen molar-refractivity contribution in [3.63, 3.8) is 0 Å². The van der Waals surface area contributed by atoms with Crippen molar-refractivity contribution in [2.24, 2.45) is 0 Å². The van der Waals surface area contributed by atoms with E-state index in [4.69, 9.17) is 0 Å². The van der Waals surface area contributed by atoms with E-state index in [0.717, 1.165) is 0 Å². The molecule has 0 N–H and O–H groups in total. The van der Waals surface area contributed by atoms with Crippen LogP contribution in [0.25, 0.3) is 0 Å². The molecule has 22 heavy (non-hydrogen) atoms. The van der Waals surface area contributed by atoms with Gasteiger partial charge in [-0.15, -0.1) is 0 Å². The number of hydrogen-bond acceptors (Lipinski definition) is 3. The van der Waals surface area contributed by atoms with Crippen LogP contribution >= 0.6 is 23.9 Å². The van der Waals surface area contributed by atoms with Crippen LogP contribution < -0.4 is 0 Å². The van der Waals surface area contributed by atoms with Gasteiger partial charge in [-0.3, -0.25) is 0 Å². The van der Waals surface area contributed by atoms with Crippen LogP contribution in [0.3, 0.4) is 0 Å². The molecule has 0 amide bonds. The molecule has 0 spiro atoms. The monoisotopic (exact) mass is 331 g/mol. The third-order valence-electron chi connectivity index (χ3n) is 3.54. The molecule has 0 fully saturated rings. The molecule has 0 aliphatic heterocycles. The van der Waals surface area contributed by atoms with Crippen LogP contribution in [0, 0.1) is 0 Å². The van der Waals surface area contributed by atoms with E-state index in [1.807, 2.05) is 23.9 Å². The fraction of sp³-hybridized carbons (Fsp3) is 0.368. The number of nitrogens with zero attached hydrogens (tertiary/aromatic N) is 1. The minimum atomic E-state index is 0.546. The largest absolute Gasteiger partial charge is 0.189 e. The molecule has 0 saturated heterocycles. The van der Waals surface area contributed by atoms with Gasteiger partial charge in [0.15, 0.2) is 0 Å². The summed E-state index contributed by atoms with van der Waals surface area (Å²) in [6.45, 7) is 9.00. The molecular weight excluding hydrogens is 306 g/mol. The van der Waals surface area contributed by atoms with E-state index in [9.17, 15) is 0 Å². The second-order valence-electron chi connectivity index (χ2n) is 6.01. The SMILES string of the molecule is CC(C)c1ccccc1SN(C)Sc1ccccc1C(C)C. The van der Waals surface area contributed by atoms with Crippen molar-refractivity contribution >= 4 is 23.9 Å². The van der Waals surface area contributed by atoms with Crippen LogP contribution in [-0.2, 0) is 0 Å². The number of benzene rings is 2. The highest BCUT2D eigenvalue weighted by molar-refractivity contribution is 8.12. The Hall–Kier alpha value is -0.900. The lowest BCUT2D eigenvalue weighted by Crippen LogP contribution is -2.01. The van der Waals surface area contributed by atoms with Gasteiger partial charge in [0.05, 0.1) is 0 Å². The van der Waals surface area contributed by atoms with Crippen molar-refractivity contribution in [2.45, 2.75) is 49.3 Å². The van der Waals surface area contributed by atoms with Gasteiger partial charge in [-0.2, -0.15) is 3.71 Å². The van der Waals surface area contributed by atoms with Gasteiger partial charge in [-0.1, -0.05) is 64.1 Å². The Morgan fingerprint density at radius 2 is 1.05 bits per heavy atom. The number of rotatable bonds is 6. The Morgan fingerprint density at radius 3 is 1.41 bits per heavy atom. The van der Waals surface area contributed by atoms with E-state index in [2.05, 4.69) is 87.0 Å². The summed E-state index contributed by atoms with van der Waals surface area (Å²) in [6.07, 6.45) is 0. The summed E-state index contributed by atoms with van der Waals surface area (Å²) in [5.74, 6) is 1.09. The second-order valence-corrected chi connectivity index (χ2v) is 8.58. The van der Waals surface area contributed by atoms with Crippen LogP contribution in [0.1, 0.15) is 50.7 Å². The highest BCUT2D eigenvalue weighted by Crippen LogP contribution is 2.38. The van der Waals surface area contributed by atoms with E-state index < -0.39 is 0 Å². The molecule has 0 saturated carbocycles. The lowest BCUT2D eigenvalue weighted by atomic mass is 10.0. The quantitative estimate of drug-likeness (QED) is 0.550. The highest BCUT2D eigenvalue weighted by atomic mass is 32.2. The minimum absolute atomic E-state index is 0.546. The fourth-order valence-electron chi connectivity index (χ4n) is 2.38. The van der Waals surface area contributed by atoms with Gasteiger partial charge in [0.1, 0.15) is 0 Å². The molecule has 2 aromatic rings. The van der Waals surface area contributed by atoms with Crippen LogP contribution in [0.5, 0.6) is 0 Å². The van der Waals surface area contributed by atoms with E-state index in [1.165, 1.54) is 20.9 Å². The molecule has 0 radical (unpaired) electrons. The second kappa shape index (κ2) is 8.09. The summed E-state index contributed by atoms with van der Waals surface area (Å²) in [6, 6.07) is 17.4. The lowest BCUT2D eigenvalue weighted by Gasteiger charge is -2.20. The molecule has 0 atom stereocenters. The summed E-state index contributed by atoms with van der Waals surface area (Å²) in [4.78, 5) is 2.68. The molecule has 0 unspecified atom stereocenters. The van der Waals surface area contributed by atoms with Crippen molar-refractivity contribution in [2.75, 3.05) is 7.05 Å². The summed E-state index contributed by atoms with van der Waals surface area (Å²) >= 11 is 3.62. The molecule has 3 heteroatoms. The van der Waals surface area contributed by atoms with Crippen molar-refractivity contribution in [3.05, 3.63) is 59.7 Å². The first-order chi connectivity index (χ1) is 10.5. The van der Waals surface area contributed by atoms with Crippen molar-refractivity contribution < 1.29 is 0 Å². The van der Waals surface area contributed by atoms with Gasteiger partial charge < -0.3 is 0 Å². The predicted molar refractivity (Wildman–Crippen MR) is 101 cm³/mol. The Bertz CT molecular complexity index is 554. The van der Waals surface area contributed by atoms with Gasteiger partial charge in [0.2, 0.25) is 0 Å². The van der Waals surface area contributed by atoms with E-state index in [1.54, 1.807) is 0 Å². The zero-order chi connectivity index (χ0) is 16.1. The standard InChI is InChI=1S/C19H25NS2/c1-14(2)16-10-6-8-12-18(16)21-20(5)22-19-13-9-7-11-17(19)15(3)4/h6-15H,1-5H3. The Labute approximate surface area is 143 Å². The normalized spacial score (nSPS) is 11.6. The van der Waals surface area contributed by atoms with Crippen molar-refractivity contribution in [1.29, 1.82) is 0 Å². The van der Waals surface area contributed by atoms with Gasteiger partial charge in [-0.25, -0.2) is 0 Å². The van der Waals surface area contributed by atoms with E-state index in [0.29, 0.717) is 11.8 Å². The summed E-state index contributed by atoms with van der Waals surface area (Å²) in [5, 5.41) is 0. The van der Waals surface area contributed by atoms with E-state index in [-0.39, 0.29) is 0 Å². The van der Waals surface area contributed by atoms with Crippen LogP contribution in [0.2, 0.25) is 0 Å². The first-order valence-corrected chi connectivity index (χ1v) is 9.31. The molecular formula is C19H25NS2. The van der Waals surface area contributed by atoms with Crippen LogP contribution in [0.15, 0.2) is 58.3 Å². The molecule has 0 aliphatic rings. The summed E-state index contributed by atoms with van der Waals surface area (Å²) in [7, 11) is 2.14. The summed E-state index contributed by atoms with van der Waals surface area (Å²) < 4.78 is 2.25. The maximum absolute atomic E-state index is 2.25. The lowest BCUT2D eigenvalue weighted by molar-refractivity contribution is 0.830. The predicted octanol–water partition coefficient (Wildman–Crippen LogP) is 6.58. The van der Waals surface area contributed by atoms with Gasteiger partial charge in [0, 0.05) is 16.8 Å². The maximum atomic E-state index is 2.25. The molecule has 0 aromatic heterocycles. The first-order valence-electron chi connectivity index (χ1n) is 7.76. The molecule has 2 rings (SSSR count). The third kappa shape index (κ3) is 4.55. The topological polar surface area (TPSA) is 3.24 Å². The number of hydrogen-bond donors (Lipinski definition) is 0. The average molecular weight is 332 g/mol. The minimum Gasteiger partial charge on any atom is -0.189 e. The first kappa shape index (κ1) is 17.5. The molecule has 0 aliphatic carbocycles. The van der Waals surface area contributed by atoms with Gasteiger partial charge in [-0.05, 0) is 59.0 Å². The molecule has 0 heterocycles. The van der Waals surface area contributed by atoms with Crippen molar-refractivity contribution in [3.8, 4) is 0 Å². The van der Waals surface area contributed by atoms with Gasteiger partial charge >= 0.3 is 0 Å². The Kier molecular flexibility index (Phi) is 6.42. The Balaban J connectivity index is 2.13. The Morgan fingerprint density at radius 1 is 0.682 bits per heavy atom. The van der Waals surface area contributed by atoms with Crippen LogP contribution in [0.4, 0.5) is 0 Å². The average Bonchev–Trinajstić information content (AvgIpc) is 2.47. The third-order valence-corrected chi connectivity index (χ3v) is 5.63. The molecule has 1 nitrogen and oxygen atoms in total. The maximum Gasteiger partial charge on any atom is 0.0273 e. The summed E-state index contributed by atoms with van der Waals surface area (Å²) in [5.41, 5.74) is 2.83. The molecule has 2 aromatic carbocycles. The molecule has 0 bridgehead atoms. The zero-order valence-corrected chi connectivity index (χ0v) is 15.7. The smallest absolute Gasteiger partial charge is 0.0273 e. The van der Waals surface area contributed by atoms with E-state index >= 15 is 0 Å². The fourth-order valence-corrected chi connectivity index (χ4v) is 4.66. The van der Waals surface area contributed by atoms with Gasteiger partial charge in [0.25, 0.3) is 0 Å². The molecule has 118 valence electrons. The highest BCUT2D eigenvalue weighted by Gasteiger charge is 2.13. The van der Waals surface area contributed by atoms with Crippen molar-refractivity contribution in [1.82, 2.24) is 3.71 Å². The van der Waals surface area contributed by atoms with Crippen LogP contribution in [-0.4, -0.2) is 10.8 Å².